The van der Waals surface area contributed by atoms with Crippen molar-refractivity contribution in [3.8, 4) is 0 Å². The summed E-state index contributed by atoms with van der Waals surface area (Å²) in [6, 6.07) is 3.02. The van der Waals surface area contributed by atoms with Crippen molar-refractivity contribution in [1.29, 1.82) is 0 Å². The van der Waals surface area contributed by atoms with Crippen LogP contribution in [0.25, 0.3) is 0 Å². The quantitative estimate of drug-likeness (QED) is 0.430. The Balaban J connectivity index is 2.09. The van der Waals surface area contributed by atoms with Crippen molar-refractivity contribution in [3.05, 3.63) is 45.6 Å². The first kappa shape index (κ1) is 21.8. The maximum atomic E-state index is 12.5. The lowest BCUT2D eigenvalue weighted by molar-refractivity contribution is 0.0635. The third-order valence-electron chi connectivity index (χ3n) is 3.75. The Hall–Kier alpha value is -3.47. The van der Waals surface area contributed by atoms with Gasteiger partial charge in [0.05, 0.1) is 17.9 Å². The Morgan fingerprint density at radius 2 is 1.93 bits per heavy atom. The summed E-state index contributed by atoms with van der Waals surface area (Å²) in [7, 11) is 0. The smallest absolute Gasteiger partial charge is 0.413 e. The third-order valence-corrected chi connectivity index (χ3v) is 3.75. The maximum absolute atomic E-state index is 12.5. The van der Waals surface area contributed by atoms with Gasteiger partial charge in [-0.2, -0.15) is 0 Å². The Bertz CT molecular complexity index is 979. The number of nitrogen functional groups attached to an aromatic ring is 1. The Morgan fingerprint density at radius 1 is 1.24 bits per heavy atom. The topological polar surface area (TPSA) is 153 Å². The Morgan fingerprint density at radius 3 is 2.52 bits per heavy atom. The Labute approximate surface area is 167 Å². The molecule has 0 unspecified atom stereocenters. The van der Waals surface area contributed by atoms with Crippen LogP contribution < -0.4 is 27.5 Å². The van der Waals surface area contributed by atoms with Crippen LogP contribution in [0.15, 0.2) is 23.1 Å². The molecule has 0 aromatic carbocycles. The number of carbonyl (C=O) groups excluding carboxylic acids is 2. The normalized spacial score (nSPS) is 11.0. The van der Waals surface area contributed by atoms with Gasteiger partial charge in [0.15, 0.2) is 0 Å². The van der Waals surface area contributed by atoms with E-state index in [1.54, 1.807) is 34.6 Å². The minimum atomic E-state index is -0.640. The Kier molecular flexibility index (Phi) is 6.54. The van der Waals surface area contributed by atoms with E-state index in [0.717, 1.165) is 0 Å². The molecule has 2 heterocycles. The molecule has 2 amide bonds. The van der Waals surface area contributed by atoms with E-state index in [1.807, 2.05) is 0 Å². The van der Waals surface area contributed by atoms with E-state index in [1.165, 1.54) is 22.9 Å². The van der Waals surface area contributed by atoms with Gasteiger partial charge in [-0.3, -0.25) is 19.5 Å². The molecule has 11 heteroatoms. The average Bonchev–Trinajstić information content (AvgIpc) is 2.60. The first-order valence-corrected chi connectivity index (χ1v) is 8.80. The van der Waals surface area contributed by atoms with Gasteiger partial charge in [-0.05, 0) is 46.8 Å². The molecule has 0 spiro atoms. The number of hydrazine groups is 1. The van der Waals surface area contributed by atoms with Gasteiger partial charge in [-0.1, -0.05) is 0 Å². The van der Waals surface area contributed by atoms with Gasteiger partial charge in [0.2, 0.25) is 5.82 Å². The molecule has 0 aliphatic carbocycles. The summed E-state index contributed by atoms with van der Waals surface area (Å²) in [5.41, 5.74) is 2.38. The molecule has 0 atom stereocenters. The summed E-state index contributed by atoms with van der Waals surface area (Å²) in [5, 5.41) is 5.17. The number of aryl methyl sites for hydroxylation is 2. The van der Waals surface area contributed by atoms with Crippen LogP contribution in [0.5, 0.6) is 0 Å². The molecule has 29 heavy (non-hydrogen) atoms. The number of carbonyl (C=O) groups is 2. The number of nitrogens with one attached hydrogen (secondary N) is 3. The highest BCUT2D eigenvalue weighted by Crippen LogP contribution is 2.13. The number of rotatable bonds is 5. The zero-order chi connectivity index (χ0) is 21.8. The highest BCUT2D eigenvalue weighted by Gasteiger charge is 2.18. The van der Waals surface area contributed by atoms with Crippen molar-refractivity contribution >= 4 is 23.6 Å². The van der Waals surface area contributed by atoms with Gasteiger partial charge in [0.1, 0.15) is 11.4 Å². The predicted molar refractivity (Wildman–Crippen MR) is 107 cm³/mol. The van der Waals surface area contributed by atoms with Gasteiger partial charge >= 0.3 is 6.09 Å². The molecule has 0 aliphatic rings. The number of hydrogen-bond acceptors (Lipinski definition) is 8. The van der Waals surface area contributed by atoms with Crippen molar-refractivity contribution in [3.63, 3.8) is 0 Å². The minimum absolute atomic E-state index is 0.0275. The third kappa shape index (κ3) is 5.75. The summed E-state index contributed by atoms with van der Waals surface area (Å²) in [5.74, 6) is 5.06. The molecule has 5 N–H and O–H groups in total. The molecule has 0 radical (unpaired) electrons. The second kappa shape index (κ2) is 8.69. The van der Waals surface area contributed by atoms with E-state index in [-0.39, 0.29) is 18.3 Å². The minimum Gasteiger partial charge on any atom is -0.444 e. The molecule has 0 aliphatic heterocycles. The van der Waals surface area contributed by atoms with E-state index in [2.05, 4.69) is 26.0 Å². The van der Waals surface area contributed by atoms with Gasteiger partial charge in [0.25, 0.3) is 11.5 Å². The molecule has 0 saturated carbocycles. The van der Waals surface area contributed by atoms with Crippen molar-refractivity contribution in [1.82, 2.24) is 19.9 Å². The summed E-state index contributed by atoms with van der Waals surface area (Å²) in [4.78, 5) is 44.6. The summed E-state index contributed by atoms with van der Waals surface area (Å²) in [6.45, 7) is 8.50. The van der Waals surface area contributed by atoms with Crippen molar-refractivity contribution in [2.75, 3.05) is 10.7 Å². The highest BCUT2D eigenvalue weighted by molar-refractivity contribution is 5.95. The number of nitrogens with zero attached hydrogens (tertiary/aromatic N) is 3. The molecule has 156 valence electrons. The second-order valence-corrected chi connectivity index (χ2v) is 7.25. The van der Waals surface area contributed by atoms with Crippen LogP contribution in [0, 0.1) is 13.8 Å². The number of amides is 2. The number of anilines is 2. The summed E-state index contributed by atoms with van der Waals surface area (Å²) in [6.07, 6.45) is 0.825. The lowest BCUT2D eigenvalue weighted by Crippen LogP contribution is -2.35. The van der Waals surface area contributed by atoms with E-state index in [9.17, 15) is 14.4 Å². The van der Waals surface area contributed by atoms with Gasteiger partial charge in [-0.15, -0.1) is 0 Å². The number of nitrogens with two attached hydrogens (primary N) is 1. The standard InChI is InChI=1S/C18H25N7O4/c1-10-8-20-14(24-19)16(27)25(10)9-21-15(26)12-6-7-13(22-11(12)2)23-17(28)29-18(3,4)5/h6-8H,9,19H2,1-5H3,(H,20,24)(H,21,26)(H,22,23,28). The van der Waals surface area contributed by atoms with Gasteiger partial charge in [0, 0.05) is 11.9 Å². The zero-order valence-electron chi connectivity index (χ0n) is 17.0. The van der Waals surface area contributed by atoms with Crippen molar-refractivity contribution in [2.45, 2.75) is 46.9 Å². The molecule has 0 bridgehead atoms. The first-order chi connectivity index (χ1) is 13.5. The number of ether oxygens (including phenoxy) is 1. The molecule has 0 saturated heterocycles. The van der Waals surface area contributed by atoms with Crippen molar-refractivity contribution in [2.24, 2.45) is 5.84 Å². The number of aromatic nitrogens is 3. The molecular formula is C18H25N7O4. The van der Waals surface area contributed by atoms with E-state index in [0.29, 0.717) is 17.0 Å². The predicted octanol–water partition coefficient (Wildman–Crippen LogP) is 1.28. The van der Waals surface area contributed by atoms with Gasteiger partial charge < -0.3 is 15.5 Å². The fourth-order valence-electron chi connectivity index (χ4n) is 2.39. The van der Waals surface area contributed by atoms with Crippen LogP contribution >= 0.6 is 0 Å². The SMILES string of the molecule is Cc1nc(NC(=O)OC(C)(C)C)ccc1C(=O)NCn1c(C)cnc(NN)c1=O. The van der Waals surface area contributed by atoms with E-state index < -0.39 is 23.2 Å². The van der Waals surface area contributed by atoms with Crippen LogP contribution in [0.2, 0.25) is 0 Å². The van der Waals surface area contributed by atoms with Crippen LogP contribution in [0.1, 0.15) is 42.5 Å². The zero-order valence-corrected chi connectivity index (χ0v) is 17.0. The summed E-state index contributed by atoms with van der Waals surface area (Å²) < 4.78 is 6.49. The molecule has 0 fully saturated rings. The monoisotopic (exact) mass is 403 g/mol. The van der Waals surface area contributed by atoms with E-state index >= 15 is 0 Å². The average molecular weight is 403 g/mol. The lowest BCUT2D eigenvalue weighted by Gasteiger charge is -2.19. The second-order valence-electron chi connectivity index (χ2n) is 7.25. The van der Waals surface area contributed by atoms with Crippen LogP contribution in [-0.4, -0.2) is 32.1 Å². The largest absolute Gasteiger partial charge is 0.444 e. The fraction of sp³-hybridized carbons (Fsp3) is 0.389. The van der Waals surface area contributed by atoms with Crippen molar-refractivity contribution < 1.29 is 14.3 Å². The van der Waals surface area contributed by atoms with Gasteiger partial charge in [-0.25, -0.2) is 20.6 Å². The maximum Gasteiger partial charge on any atom is 0.413 e. The van der Waals surface area contributed by atoms with Crippen LogP contribution in [0.4, 0.5) is 16.4 Å². The fourth-order valence-corrected chi connectivity index (χ4v) is 2.39. The van der Waals surface area contributed by atoms with E-state index in [4.69, 9.17) is 10.6 Å². The van der Waals surface area contributed by atoms with Crippen LogP contribution in [-0.2, 0) is 11.4 Å². The number of pyridine rings is 1. The lowest BCUT2D eigenvalue weighted by atomic mass is 10.2. The highest BCUT2D eigenvalue weighted by atomic mass is 16.6. The molecule has 2 aromatic heterocycles. The number of hydrogen-bond donors (Lipinski definition) is 4. The molecule has 11 nitrogen and oxygen atoms in total. The first-order valence-electron chi connectivity index (χ1n) is 8.80. The molecule has 2 rings (SSSR count). The summed E-state index contributed by atoms with van der Waals surface area (Å²) >= 11 is 0. The molecular weight excluding hydrogens is 378 g/mol. The molecule has 2 aromatic rings. The van der Waals surface area contributed by atoms with Crippen LogP contribution in [0.3, 0.4) is 0 Å².